The molecular formula is C23H17N3O6S. The fourth-order valence-corrected chi connectivity index (χ4v) is 5.06. The highest BCUT2D eigenvalue weighted by molar-refractivity contribution is 7.90. The number of fused-ring (bicyclic) bond motifs is 1. The number of benzene rings is 3. The molecule has 9 nitrogen and oxygen atoms in total. The molecule has 10 heteroatoms. The first-order valence-corrected chi connectivity index (χ1v) is 11.2. The van der Waals surface area contributed by atoms with Crippen molar-refractivity contribution in [2.24, 2.45) is 0 Å². The van der Waals surface area contributed by atoms with Crippen molar-refractivity contribution in [3.05, 3.63) is 82.4 Å². The number of nitrogens with zero attached hydrogens (tertiary/aromatic N) is 3. The van der Waals surface area contributed by atoms with Crippen LogP contribution in [0.2, 0.25) is 0 Å². The van der Waals surface area contributed by atoms with Gasteiger partial charge in [0.1, 0.15) is 5.75 Å². The summed E-state index contributed by atoms with van der Waals surface area (Å²) in [5.41, 5.74) is 0.806. The fraction of sp³-hybridized carbons (Fsp3) is 0.0870. The summed E-state index contributed by atoms with van der Waals surface area (Å²) in [6, 6.07) is 17.6. The summed E-state index contributed by atoms with van der Waals surface area (Å²) in [5, 5.41) is 31.8. The molecule has 0 spiro atoms. The number of aromatic nitrogens is 1. The SMILES string of the molecule is CCOc1ccccc1-c1c(O)n(S(=O)(=O)c2ccc([N+](=O)[O-])cc2)c2ccc(C#N)cc12. The van der Waals surface area contributed by atoms with Gasteiger partial charge in [-0.15, -0.1) is 0 Å². The zero-order chi connectivity index (χ0) is 23.8. The van der Waals surface area contributed by atoms with E-state index in [0.717, 1.165) is 28.2 Å². The molecule has 0 bridgehead atoms. The minimum atomic E-state index is -4.35. The molecule has 33 heavy (non-hydrogen) atoms. The number of nitro groups is 1. The Labute approximate surface area is 188 Å². The van der Waals surface area contributed by atoms with Gasteiger partial charge in [0.05, 0.1) is 39.1 Å². The van der Waals surface area contributed by atoms with E-state index in [4.69, 9.17) is 4.74 Å². The number of non-ortho nitro benzene ring substituents is 1. The van der Waals surface area contributed by atoms with Crippen molar-refractivity contribution in [3.8, 4) is 28.8 Å². The van der Waals surface area contributed by atoms with Crippen LogP contribution in [0.25, 0.3) is 22.0 Å². The Hall–Kier alpha value is -4.36. The molecule has 0 radical (unpaired) electrons. The Morgan fingerprint density at radius 2 is 1.82 bits per heavy atom. The van der Waals surface area contributed by atoms with Crippen molar-refractivity contribution < 1.29 is 23.2 Å². The number of ether oxygens (including phenoxy) is 1. The average molecular weight is 463 g/mol. The Morgan fingerprint density at radius 3 is 2.45 bits per heavy atom. The third-order valence-electron chi connectivity index (χ3n) is 5.07. The van der Waals surface area contributed by atoms with Crippen molar-refractivity contribution >= 4 is 26.6 Å². The Morgan fingerprint density at radius 1 is 1.12 bits per heavy atom. The number of aromatic hydroxyl groups is 1. The monoisotopic (exact) mass is 463 g/mol. The maximum absolute atomic E-state index is 13.5. The predicted octanol–water partition coefficient (Wildman–Crippen LogP) is 4.43. The van der Waals surface area contributed by atoms with Crippen LogP contribution in [-0.4, -0.2) is 29.0 Å². The molecule has 4 aromatic rings. The van der Waals surface area contributed by atoms with Crippen molar-refractivity contribution in [1.82, 2.24) is 3.97 Å². The molecule has 166 valence electrons. The van der Waals surface area contributed by atoms with Crippen LogP contribution >= 0.6 is 0 Å². The molecule has 0 fully saturated rings. The van der Waals surface area contributed by atoms with Crippen LogP contribution in [0.4, 0.5) is 5.69 Å². The highest BCUT2D eigenvalue weighted by Crippen LogP contribution is 2.45. The zero-order valence-electron chi connectivity index (χ0n) is 17.3. The molecular weight excluding hydrogens is 446 g/mol. The highest BCUT2D eigenvalue weighted by atomic mass is 32.2. The lowest BCUT2D eigenvalue weighted by Gasteiger charge is -2.11. The summed E-state index contributed by atoms with van der Waals surface area (Å²) in [5.74, 6) is -0.130. The van der Waals surface area contributed by atoms with Crippen LogP contribution in [0.15, 0.2) is 71.6 Å². The largest absolute Gasteiger partial charge is 0.493 e. The Bertz CT molecular complexity index is 1530. The lowest BCUT2D eigenvalue weighted by Crippen LogP contribution is -2.12. The number of para-hydroxylation sites is 1. The van der Waals surface area contributed by atoms with Crippen LogP contribution in [0, 0.1) is 21.4 Å². The molecule has 1 heterocycles. The number of hydrogen-bond acceptors (Lipinski definition) is 7. The van der Waals surface area contributed by atoms with Gasteiger partial charge in [0.25, 0.3) is 15.7 Å². The third kappa shape index (κ3) is 3.64. The maximum atomic E-state index is 13.5. The van der Waals surface area contributed by atoms with E-state index in [0.29, 0.717) is 23.3 Å². The lowest BCUT2D eigenvalue weighted by molar-refractivity contribution is -0.384. The van der Waals surface area contributed by atoms with Gasteiger partial charge in [0.2, 0.25) is 5.88 Å². The van der Waals surface area contributed by atoms with Gasteiger partial charge in [0.15, 0.2) is 0 Å². The molecule has 0 aliphatic rings. The van der Waals surface area contributed by atoms with Gasteiger partial charge in [0, 0.05) is 23.1 Å². The lowest BCUT2D eigenvalue weighted by atomic mass is 10.0. The van der Waals surface area contributed by atoms with Crippen molar-refractivity contribution in [2.45, 2.75) is 11.8 Å². The molecule has 3 aromatic carbocycles. The first-order chi connectivity index (χ1) is 15.8. The number of hydrogen-bond donors (Lipinski definition) is 1. The molecule has 0 aliphatic carbocycles. The van der Waals surface area contributed by atoms with Crippen molar-refractivity contribution in [1.29, 1.82) is 5.26 Å². The van der Waals surface area contributed by atoms with Crippen LogP contribution in [-0.2, 0) is 10.0 Å². The van der Waals surface area contributed by atoms with Gasteiger partial charge >= 0.3 is 0 Å². The topological polar surface area (TPSA) is 135 Å². The summed E-state index contributed by atoms with van der Waals surface area (Å²) in [4.78, 5) is 10.1. The molecule has 0 saturated carbocycles. The van der Waals surface area contributed by atoms with E-state index in [2.05, 4.69) is 0 Å². The first kappa shape index (κ1) is 21.9. The highest BCUT2D eigenvalue weighted by Gasteiger charge is 2.29. The van der Waals surface area contributed by atoms with Gasteiger partial charge in [-0.05, 0) is 43.3 Å². The molecule has 0 aliphatic heterocycles. The van der Waals surface area contributed by atoms with Crippen LogP contribution in [0.5, 0.6) is 11.6 Å². The summed E-state index contributed by atoms with van der Waals surface area (Å²) in [6.07, 6.45) is 0. The maximum Gasteiger partial charge on any atom is 0.271 e. The summed E-state index contributed by atoms with van der Waals surface area (Å²) >= 11 is 0. The van der Waals surface area contributed by atoms with Gasteiger partial charge < -0.3 is 9.84 Å². The molecule has 0 unspecified atom stereocenters. The quantitative estimate of drug-likeness (QED) is 0.330. The van der Waals surface area contributed by atoms with Crippen molar-refractivity contribution in [3.63, 3.8) is 0 Å². The molecule has 1 N–H and O–H groups in total. The van der Waals surface area contributed by atoms with Gasteiger partial charge in [-0.3, -0.25) is 10.1 Å². The van der Waals surface area contributed by atoms with Gasteiger partial charge in [-0.2, -0.15) is 5.26 Å². The van der Waals surface area contributed by atoms with E-state index in [9.17, 15) is 28.9 Å². The predicted molar refractivity (Wildman–Crippen MR) is 121 cm³/mol. The van der Waals surface area contributed by atoms with Crippen molar-refractivity contribution in [2.75, 3.05) is 6.61 Å². The fourth-order valence-electron chi connectivity index (χ4n) is 3.63. The zero-order valence-corrected chi connectivity index (χ0v) is 18.1. The second kappa shape index (κ2) is 8.29. The standard InChI is InChI=1S/C23H17N3O6S/c1-2-32-21-6-4-3-5-18(21)22-19-13-15(14-24)7-12-20(19)25(23(22)27)33(30,31)17-10-8-16(9-11-17)26(28)29/h3-13,27H,2H2,1H3. The Kier molecular flexibility index (Phi) is 5.49. The average Bonchev–Trinajstić information content (AvgIpc) is 3.11. The number of nitriles is 1. The molecule has 0 amide bonds. The molecule has 0 atom stereocenters. The van der Waals surface area contributed by atoms with Crippen LogP contribution in [0.3, 0.4) is 0 Å². The summed E-state index contributed by atoms with van der Waals surface area (Å²) in [7, 11) is -4.35. The first-order valence-electron chi connectivity index (χ1n) is 9.79. The second-order valence-corrected chi connectivity index (χ2v) is 8.78. The van der Waals surface area contributed by atoms with E-state index >= 15 is 0 Å². The minimum absolute atomic E-state index is 0.145. The molecule has 1 aromatic heterocycles. The van der Waals surface area contributed by atoms with E-state index < -0.39 is 20.8 Å². The second-order valence-electron chi connectivity index (χ2n) is 6.99. The molecule has 4 rings (SSSR count). The summed E-state index contributed by atoms with van der Waals surface area (Å²) < 4.78 is 33.4. The van der Waals surface area contributed by atoms with Crippen LogP contribution < -0.4 is 4.74 Å². The van der Waals surface area contributed by atoms with E-state index in [1.165, 1.54) is 18.2 Å². The summed E-state index contributed by atoms with van der Waals surface area (Å²) in [6.45, 7) is 2.15. The van der Waals surface area contributed by atoms with Gasteiger partial charge in [-0.1, -0.05) is 18.2 Å². The normalized spacial score (nSPS) is 11.3. The number of nitro benzene ring substituents is 1. The third-order valence-corrected chi connectivity index (χ3v) is 6.79. The molecule has 0 saturated heterocycles. The van der Waals surface area contributed by atoms with Gasteiger partial charge in [-0.25, -0.2) is 12.4 Å². The number of rotatable bonds is 6. The van der Waals surface area contributed by atoms with Crippen LogP contribution in [0.1, 0.15) is 12.5 Å². The van der Waals surface area contributed by atoms with E-state index in [-0.39, 0.29) is 27.2 Å². The minimum Gasteiger partial charge on any atom is -0.493 e. The van der Waals surface area contributed by atoms with E-state index in [1.807, 2.05) is 6.07 Å². The Balaban J connectivity index is 2.04. The van der Waals surface area contributed by atoms with E-state index in [1.54, 1.807) is 31.2 Å². The smallest absolute Gasteiger partial charge is 0.271 e.